The number of aromatic amines is 1. The predicted octanol–water partition coefficient (Wildman–Crippen LogP) is 1.06. The van der Waals surface area contributed by atoms with E-state index in [4.69, 9.17) is 4.74 Å². The molecular formula is C11H14N4O3S. The van der Waals surface area contributed by atoms with Crippen LogP contribution in [-0.2, 0) is 21.4 Å². The van der Waals surface area contributed by atoms with E-state index in [1.807, 2.05) is 0 Å². The Morgan fingerprint density at radius 2 is 2.05 bits per heavy atom. The molecule has 2 aromatic rings. The Morgan fingerprint density at radius 3 is 2.68 bits per heavy atom. The van der Waals surface area contributed by atoms with E-state index in [1.165, 1.54) is 13.2 Å². The number of aryl methyl sites for hydroxylation is 1. The van der Waals surface area contributed by atoms with E-state index in [2.05, 4.69) is 20.1 Å². The number of methoxy groups -OCH3 is 1. The highest BCUT2D eigenvalue weighted by atomic mass is 32.2. The molecule has 0 fully saturated rings. The Balaban J connectivity index is 2.37. The van der Waals surface area contributed by atoms with Gasteiger partial charge in [-0.3, -0.25) is 4.72 Å². The van der Waals surface area contributed by atoms with Crippen LogP contribution in [-0.4, -0.2) is 30.9 Å². The molecule has 1 aromatic heterocycles. The van der Waals surface area contributed by atoms with Gasteiger partial charge in [-0.05, 0) is 18.6 Å². The van der Waals surface area contributed by atoms with Crippen molar-refractivity contribution in [1.82, 2.24) is 15.4 Å². The molecule has 0 spiro atoms. The summed E-state index contributed by atoms with van der Waals surface area (Å²) in [5.41, 5.74) is 1.06. The smallest absolute Gasteiger partial charge is 0.263 e. The van der Waals surface area contributed by atoms with E-state index in [9.17, 15) is 8.42 Å². The van der Waals surface area contributed by atoms with Crippen molar-refractivity contribution >= 4 is 15.8 Å². The van der Waals surface area contributed by atoms with E-state index < -0.39 is 10.0 Å². The molecule has 1 heterocycles. The van der Waals surface area contributed by atoms with Gasteiger partial charge in [-0.25, -0.2) is 8.42 Å². The number of rotatable bonds is 5. The topological polar surface area (TPSA) is 97.0 Å². The molecule has 0 bridgehead atoms. The van der Waals surface area contributed by atoms with Gasteiger partial charge < -0.3 is 4.74 Å². The maximum absolute atomic E-state index is 12.3. The summed E-state index contributed by atoms with van der Waals surface area (Å²) in [7, 11) is -2.20. The van der Waals surface area contributed by atoms with Crippen molar-refractivity contribution in [2.45, 2.75) is 18.4 Å². The minimum absolute atomic E-state index is 0.166. The van der Waals surface area contributed by atoms with Crippen LogP contribution in [0.5, 0.6) is 0 Å². The summed E-state index contributed by atoms with van der Waals surface area (Å²) in [4.78, 5) is 0.166. The van der Waals surface area contributed by atoms with Gasteiger partial charge in [-0.2, -0.15) is 10.3 Å². The molecule has 7 nitrogen and oxygen atoms in total. The Labute approximate surface area is 111 Å². The lowest BCUT2D eigenvalue weighted by Crippen LogP contribution is -2.16. The molecule has 0 unspecified atom stereocenters. The van der Waals surface area contributed by atoms with Gasteiger partial charge in [-0.15, -0.1) is 5.10 Å². The highest BCUT2D eigenvalue weighted by molar-refractivity contribution is 7.92. The number of benzene rings is 1. The normalized spacial score (nSPS) is 11.5. The zero-order valence-corrected chi connectivity index (χ0v) is 11.4. The summed E-state index contributed by atoms with van der Waals surface area (Å²) in [6.07, 6.45) is 0. The monoisotopic (exact) mass is 282 g/mol. The molecule has 19 heavy (non-hydrogen) atoms. The van der Waals surface area contributed by atoms with Gasteiger partial charge in [0, 0.05) is 7.11 Å². The molecule has 2 rings (SSSR count). The van der Waals surface area contributed by atoms with E-state index in [1.54, 1.807) is 25.1 Å². The second-order valence-corrected chi connectivity index (χ2v) is 5.55. The van der Waals surface area contributed by atoms with Crippen LogP contribution >= 0.6 is 0 Å². The van der Waals surface area contributed by atoms with E-state index in [0.29, 0.717) is 11.3 Å². The second kappa shape index (κ2) is 5.37. The van der Waals surface area contributed by atoms with Gasteiger partial charge in [-0.1, -0.05) is 18.2 Å². The Kier molecular flexibility index (Phi) is 3.82. The van der Waals surface area contributed by atoms with E-state index >= 15 is 0 Å². The summed E-state index contributed by atoms with van der Waals surface area (Å²) in [5.74, 6) is 0.187. The quantitative estimate of drug-likeness (QED) is 0.854. The summed E-state index contributed by atoms with van der Waals surface area (Å²) in [6, 6.07) is 6.64. The molecule has 0 saturated heterocycles. The minimum atomic E-state index is -3.71. The zero-order valence-electron chi connectivity index (χ0n) is 10.5. The number of nitrogens with one attached hydrogen (secondary N) is 2. The van der Waals surface area contributed by atoms with Crippen LogP contribution in [0.15, 0.2) is 29.2 Å². The van der Waals surface area contributed by atoms with Crippen LogP contribution in [0.3, 0.4) is 0 Å². The number of anilines is 1. The van der Waals surface area contributed by atoms with Crippen molar-refractivity contribution in [3.8, 4) is 0 Å². The number of sulfonamides is 1. The Hall–Kier alpha value is -1.93. The van der Waals surface area contributed by atoms with Crippen molar-refractivity contribution in [1.29, 1.82) is 0 Å². The van der Waals surface area contributed by atoms with Crippen molar-refractivity contribution in [2.75, 3.05) is 11.8 Å². The van der Waals surface area contributed by atoms with Crippen molar-refractivity contribution < 1.29 is 13.2 Å². The molecule has 0 radical (unpaired) electrons. The molecule has 0 saturated carbocycles. The average Bonchev–Trinajstić information content (AvgIpc) is 2.75. The maximum atomic E-state index is 12.3. The number of hydrogen-bond donors (Lipinski definition) is 2. The van der Waals surface area contributed by atoms with Crippen LogP contribution < -0.4 is 4.72 Å². The lowest BCUT2D eigenvalue weighted by molar-refractivity contribution is 0.182. The number of hydrogen-bond acceptors (Lipinski definition) is 5. The molecule has 0 amide bonds. The third-order valence-corrected chi connectivity index (χ3v) is 3.95. The summed E-state index contributed by atoms with van der Waals surface area (Å²) < 4.78 is 32.0. The van der Waals surface area contributed by atoms with Gasteiger partial charge in [0.25, 0.3) is 10.0 Å². The second-order valence-electron chi connectivity index (χ2n) is 3.90. The first-order valence-corrected chi connectivity index (χ1v) is 7.00. The fourth-order valence-corrected chi connectivity index (χ4v) is 2.89. The lowest BCUT2D eigenvalue weighted by atomic mass is 10.2. The molecule has 8 heteroatoms. The van der Waals surface area contributed by atoms with Crippen molar-refractivity contribution in [3.63, 3.8) is 0 Å². The molecule has 0 aliphatic heterocycles. The highest BCUT2D eigenvalue weighted by Gasteiger charge is 2.20. The molecule has 0 atom stereocenters. The molecule has 0 aliphatic carbocycles. The maximum Gasteiger partial charge on any atom is 0.263 e. The van der Waals surface area contributed by atoms with Crippen LogP contribution in [0.2, 0.25) is 0 Å². The number of ether oxygens (including phenoxy) is 1. The summed E-state index contributed by atoms with van der Waals surface area (Å²) in [5, 5.41) is 9.87. The Morgan fingerprint density at radius 1 is 1.32 bits per heavy atom. The fraction of sp³-hybridized carbons (Fsp3) is 0.273. The van der Waals surface area contributed by atoms with Crippen molar-refractivity contribution in [3.05, 3.63) is 35.5 Å². The zero-order chi connectivity index (χ0) is 13.9. The van der Waals surface area contributed by atoms with Gasteiger partial charge in [0.15, 0.2) is 5.82 Å². The molecule has 0 aliphatic rings. The molecule has 2 N–H and O–H groups in total. The fourth-order valence-electron chi connectivity index (χ4n) is 1.60. The van der Waals surface area contributed by atoms with Crippen LogP contribution in [0.1, 0.15) is 11.3 Å². The van der Waals surface area contributed by atoms with Crippen molar-refractivity contribution in [2.24, 2.45) is 0 Å². The largest absolute Gasteiger partial charge is 0.380 e. The first-order chi connectivity index (χ1) is 9.04. The van der Waals surface area contributed by atoms with Crippen LogP contribution in [0.4, 0.5) is 5.82 Å². The average molecular weight is 282 g/mol. The number of aromatic nitrogens is 3. The summed E-state index contributed by atoms with van der Waals surface area (Å²) >= 11 is 0. The molecular weight excluding hydrogens is 268 g/mol. The highest BCUT2D eigenvalue weighted by Crippen LogP contribution is 2.20. The SMILES string of the molecule is COCc1ccccc1S(=O)(=O)Nc1n[nH]nc1C. The first kappa shape index (κ1) is 13.5. The molecule has 102 valence electrons. The Bertz CT molecular complexity index is 666. The van der Waals surface area contributed by atoms with E-state index in [0.717, 1.165) is 0 Å². The van der Waals surface area contributed by atoms with Gasteiger partial charge in [0.1, 0.15) is 5.69 Å². The first-order valence-electron chi connectivity index (χ1n) is 5.51. The van der Waals surface area contributed by atoms with Gasteiger partial charge in [0.05, 0.1) is 11.5 Å². The van der Waals surface area contributed by atoms with Crippen LogP contribution in [0, 0.1) is 6.92 Å². The predicted molar refractivity (Wildman–Crippen MR) is 69.1 cm³/mol. The third kappa shape index (κ3) is 2.91. The van der Waals surface area contributed by atoms with Gasteiger partial charge >= 0.3 is 0 Å². The minimum Gasteiger partial charge on any atom is -0.380 e. The molecule has 1 aromatic carbocycles. The van der Waals surface area contributed by atoms with Crippen LogP contribution in [0.25, 0.3) is 0 Å². The number of H-pyrrole nitrogens is 1. The number of nitrogens with zero attached hydrogens (tertiary/aromatic N) is 2. The third-order valence-electron chi connectivity index (χ3n) is 2.52. The standard InChI is InChI=1S/C11H14N4O3S/c1-8-11(13-15-12-8)14-19(16,17)10-6-4-3-5-9(10)7-18-2/h3-6H,7H2,1-2H3,(H2,12,13,14,15). The van der Waals surface area contributed by atoms with E-state index in [-0.39, 0.29) is 17.3 Å². The lowest BCUT2D eigenvalue weighted by Gasteiger charge is -2.10. The summed E-state index contributed by atoms with van der Waals surface area (Å²) in [6.45, 7) is 1.87. The van der Waals surface area contributed by atoms with Gasteiger partial charge in [0.2, 0.25) is 0 Å².